The maximum atomic E-state index is 2.54. The van der Waals surface area contributed by atoms with Crippen molar-refractivity contribution in [2.75, 3.05) is 4.90 Å². The van der Waals surface area contributed by atoms with E-state index in [4.69, 9.17) is 0 Å². The Bertz CT molecular complexity index is 4330. The highest BCUT2D eigenvalue weighted by Crippen LogP contribution is 2.65. The van der Waals surface area contributed by atoms with Crippen molar-refractivity contribution in [3.05, 3.63) is 336 Å². The monoisotopic (exact) mass is 964 g/mol. The smallest absolute Gasteiger partial charge is 0.0726 e. The molecule has 3 aliphatic rings. The van der Waals surface area contributed by atoms with Gasteiger partial charge in [0, 0.05) is 33.4 Å². The Kier molecular flexibility index (Phi) is 9.20. The number of hydrogen-bond acceptors (Lipinski definition) is 1. The number of para-hydroxylation sites is 2. The Morgan fingerprint density at radius 3 is 1.36 bits per heavy atom. The van der Waals surface area contributed by atoms with Crippen molar-refractivity contribution in [2.24, 2.45) is 0 Å². The van der Waals surface area contributed by atoms with Crippen LogP contribution in [-0.2, 0) is 10.8 Å². The second kappa shape index (κ2) is 16.4. The number of nitrogens with zero attached hydrogens (tertiary/aromatic N) is 2. The molecule has 2 heteroatoms. The summed E-state index contributed by atoms with van der Waals surface area (Å²) in [7, 11) is 0. The lowest BCUT2D eigenvalue weighted by Crippen LogP contribution is -2.28. The van der Waals surface area contributed by atoms with Gasteiger partial charge < -0.3 is 9.47 Å². The van der Waals surface area contributed by atoms with Gasteiger partial charge in [-0.15, -0.1) is 0 Å². The maximum absolute atomic E-state index is 2.54. The molecule has 0 bridgehead atoms. The summed E-state index contributed by atoms with van der Waals surface area (Å²) in [4.78, 5) is 2.54. The van der Waals surface area contributed by atoms with Crippen LogP contribution >= 0.6 is 0 Å². The summed E-state index contributed by atoms with van der Waals surface area (Å²) in [6.07, 6.45) is 0. The number of aromatic nitrogens is 1. The molecule has 0 radical (unpaired) electrons. The second-order valence-electron chi connectivity index (χ2n) is 20.6. The molecule has 3 aliphatic carbocycles. The van der Waals surface area contributed by atoms with Crippen molar-refractivity contribution < 1.29 is 0 Å². The molecule has 2 nitrogen and oxygen atoms in total. The van der Waals surface area contributed by atoms with Gasteiger partial charge in [-0.05, 0) is 138 Å². The lowest BCUT2D eigenvalue weighted by molar-refractivity contribution is 0.768. The van der Waals surface area contributed by atoms with Gasteiger partial charge in [0.15, 0.2) is 0 Å². The highest BCUT2D eigenvalue weighted by Gasteiger charge is 2.52. The maximum Gasteiger partial charge on any atom is 0.0726 e. The number of anilines is 3. The van der Waals surface area contributed by atoms with Crippen LogP contribution in [0.15, 0.2) is 291 Å². The summed E-state index contributed by atoms with van der Waals surface area (Å²) in [5, 5.41) is 2.52. The molecular formula is C74H48N2. The molecule has 0 saturated heterocycles. The molecule has 13 aromatic rings. The number of rotatable bonds is 7. The molecule has 76 heavy (non-hydrogen) atoms. The first kappa shape index (κ1) is 42.7. The molecule has 16 rings (SSSR count). The zero-order valence-electron chi connectivity index (χ0n) is 41.6. The first-order chi connectivity index (χ1) is 37.7. The molecule has 1 aromatic heterocycles. The summed E-state index contributed by atoms with van der Waals surface area (Å²) >= 11 is 0. The van der Waals surface area contributed by atoms with E-state index >= 15 is 0 Å². The molecule has 1 heterocycles. The van der Waals surface area contributed by atoms with Crippen molar-refractivity contribution in [1.29, 1.82) is 0 Å². The van der Waals surface area contributed by atoms with Crippen molar-refractivity contribution in [3.8, 4) is 50.2 Å². The third kappa shape index (κ3) is 5.76. The molecular weight excluding hydrogens is 917 g/mol. The number of fused-ring (bicyclic) bond motifs is 16. The Morgan fingerprint density at radius 2 is 0.737 bits per heavy atom. The standard InChI is InChI=1S/C74H48N2/c1-3-22-51(23-4-1)73(52-24-5-2-6-25-52)63-33-13-9-29-58(63)62-48-55(45-46-67(62)73)75(53-43-41-49(42-44-53)50-21-19-26-54(47-50)76-69-38-17-11-30-59(69)60-31-12-18-39-70(60)76)71-40-20-37-68-72(71)61-32-10-16-36-66(61)74(68)64-34-14-7-27-56(64)57-28-8-15-35-65(57)74/h1-48H. The Morgan fingerprint density at radius 1 is 0.276 bits per heavy atom. The van der Waals surface area contributed by atoms with E-state index in [-0.39, 0.29) is 0 Å². The first-order valence-electron chi connectivity index (χ1n) is 26.5. The average Bonchev–Trinajstić information content (AvgIpc) is 4.37. The molecule has 0 fully saturated rings. The number of hydrogen-bond donors (Lipinski definition) is 0. The Labute approximate surface area is 442 Å². The zero-order chi connectivity index (χ0) is 50.0. The SMILES string of the molecule is c1ccc(C2(c3ccccc3)c3ccccc3-c3cc(N(c4ccc(-c5cccc(-n6c7ccccc7c7ccccc76)c5)cc4)c4cccc5c4-c4ccccc4C54c5ccccc5-c5ccccc54)ccc32)cc1. The van der Waals surface area contributed by atoms with E-state index in [1.165, 1.54) is 105 Å². The van der Waals surface area contributed by atoms with Crippen LogP contribution in [-0.4, -0.2) is 4.57 Å². The fourth-order valence-corrected chi connectivity index (χ4v) is 14.1. The fourth-order valence-electron chi connectivity index (χ4n) is 14.1. The first-order valence-corrected chi connectivity index (χ1v) is 26.5. The lowest BCUT2D eigenvalue weighted by atomic mass is 9.68. The molecule has 0 amide bonds. The van der Waals surface area contributed by atoms with Crippen LogP contribution in [0.2, 0.25) is 0 Å². The summed E-state index contributed by atoms with van der Waals surface area (Å²) in [5.41, 5.74) is 26.3. The van der Waals surface area contributed by atoms with Crippen molar-refractivity contribution in [2.45, 2.75) is 10.8 Å². The molecule has 12 aromatic carbocycles. The van der Waals surface area contributed by atoms with Gasteiger partial charge in [-0.1, -0.05) is 237 Å². The molecule has 0 saturated carbocycles. The minimum Gasteiger partial charge on any atom is -0.310 e. The summed E-state index contributed by atoms with van der Waals surface area (Å²) in [5.74, 6) is 0. The van der Waals surface area contributed by atoms with Gasteiger partial charge in [0.1, 0.15) is 0 Å². The lowest BCUT2D eigenvalue weighted by Gasteiger charge is -2.34. The predicted molar refractivity (Wildman–Crippen MR) is 315 cm³/mol. The van der Waals surface area contributed by atoms with Crippen LogP contribution in [0, 0.1) is 0 Å². The van der Waals surface area contributed by atoms with E-state index in [1.54, 1.807) is 0 Å². The second-order valence-corrected chi connectivity index (χ2v) is 20.6. The number of benzene rings is 12. The minimum atomic E-state index is -0.504. The largest absolute Gasteiger partial charge is 0.310 e. The van der Waals surface area contributed by atoms with E-state index in [0.717, 1.165) is 28.3 Å². The van der Waals surface area contributed by atoms with Crippen molar-refractivity contribution in [3.63, 3.8) is 0 Å². The molecule has 0 atom stereocenters. The van der Waals surface area contributed by atoms with Gasteiger partial charge in [-0.25, -0.2) is 0 Å². The van der Waals surface area contributed by atoms with Gasteiger partial charge in [0.2, 0.25) is 0 Å². The molecule has 1 spiro atoms. The minimum absolute atomic E-state index is 0.478. The van der Waals surface area contributed by atoms with E-state index in [2.05, 4.69) is 301 Å². The highest BCUT2D eigenvalue weighted by atomic mass is 15.1. The topological polar surface area (TPSA) is 8.17 Å². The van der Waals surface area contributed by atoms with Crippen LogP contribution in [0.3, 0.4) is 0 Å². The Hall–Kier alpha value is -9.76. The fraction of sp³-hybridized carbons (Fsp3) is 0.0270. The van der Waals surface area contributed by atoms with Crippen molar-refractivity contribution >= 4 is 38.9 Å². The summed E-state index contributed by atoms with van der Waals surface area (Å²) < 4.78 is 2.41. The van der Waals surface area contributed by atoms with Gasteiger partial charge in [0.25, 0.3) is 0 Å². The van der Waals surface area contributed by atoms with Gasteiger partial charge in [0.05, 0.1) is 27.6 Å². The van der Waals surface area contributed by atoms with Gasteiger partial charge in [-0.3, -0.25) is 0 Å². The van der Waals surface area contributed by atoms with Crippen LogP contribution in [0.1, 0.15) is 44.5 Å². The molecule has 0 unspecified atom stereocenters. The third-order valence-corrected chi connectivity index (χ3v) is 17.1. The van der Waals surface area contributed by atoms with Gasteiger partial charge in [-0.2, -0.15) is 0 Å². The van der Waals surface area contributed by atoms with Crippen LogP contribution in [0.25, 0.3) is 72.0 Å². The van der Waals surface area contributed by atoms with E-state index < -0.39 is 10.8 Å². The quantitative estimate of drug-likeness (QED) is 0.155. The third-order valence-electron chi connectivity index (χ3n) is 17.1. The molecule has 0 aliphatic heterocycles. The van der Waals surface area contributed by atoms with Gasteiger partial charge >= 0.3 is 0 Å². The summed E-state index contributed by atoms with van der Waals surface area (Å²) in [6, 6.07) is 109. The highest BCUT2D eigenvalue weighted by molar-refractivity contribution is 6.09. The normalized spacial score (nSPS) is 13.7. The molecule has 354 valence electrons. The summed E-state index contributed by atoms with van der Waals surface area (Å²) in [6.45, 7) is 0. The van der Waals surface area contributed by atoms with Crippen LogP contribution < -0.4 is 4.90 Å². The van der Waals surface area contributed by atoms with Crippen molar-refractivity contribution in [1.82, 2.24) is 4.57 Å². The zero-order valence-corrected chi connectivity index (χ0v) is 41.6. The predicted octanol–water partition coefficient (Wildman–Crippen LogP) is 18.6. The van der Waals surface area contributed by atoms with E-state index in [9.17, 15) is 0 Å². The molecule has 0 N–H and O–H groups in total. The average molecular weight is 965 g/mol. The van der Waals surface area contributed by atoms with E-state index in [1.807, 2.05) is 0 Å². The van der Waals surface area contributed by atoms with Crippen LogP contribution in [0.5, 0.6) is 0 Å². The van der Waals surface area contributed by atoms with E-state index in [0.29, 0.717) is 0 Å². The van der Waals surface area contributed by atoms with Crippen LogP contribution in [0.4, 0.5) is 17.1 Å². The Balaban J connectivity index is 0.919.